The van der Waals surface area contributed by atoms with Crippen LogP contribution in [0.5, 0.6) is 0 Å². The van der Waals surface area contributed by atoms with Crippen molar-refractivity contribution in [3.8, 4) is 0 Å². The van der Waals surface area contributed by atoms with Crippen molar-refractivity contribution in [1.29, 1.82) is 0 Å². The lowest BCUT2D eigenvalue weighted by Gasteiger charge is -2.13. The monoisotopic (exact) mass is 284 g/mol. The van der Waals surface area contributed by atoms with Gasteiger partial charge in [-0.1, -0.05) is 116 Å². The predicted octanol–water partition coefficient (Wildman–Crippen LogP) is 6.95. The van der Waals surface area contributed by atoms with Gasteiger partial charge in [-0.15, -0.1) is 0 Å². The first-order chi connectivity index (χ1) is 9.35. The van der Waals surface area contributed by atoms with E-state index >= 15 is 0 Å². The average molecular weight is 285 g/mol. The molecule has 0 rings (SSSR count). The Hall–Kier alpha value is 0.217. The molecule has 0 amide bonds. The molecule has 0 saturated heterocycles. The molecule has 0 aromatic heterocycles. The van der Waals surface area contributed by atoms with Gasteiger partial charge in [-0.2, -0.15) is 0 Å². The Morgan fingerprint density at radius 2 is 0.842 bits per heavy atom. The van der Waals surface area contributed by atoms with Crippen molar-refractivity contribution < 1.29 is 0 Å². The van der Waals surface area contributed by atoms with Crippen LogP contribution in [-0.2, 0) is 0 Å². The summed E-state index contributed by atoms with van der Waals surface area (Å²) in [6.07, 6.45) is 17.7. The minimum Gasteiger partial charge on any atom is -0.0680 e. The first-order valence-corrected chi connectivity index (χ1v) is 11.8. The highest BCUT2D eigenvalue weighted by molar-refractivity contribution is 6.58. The van der Waals surface area contributed by atoms with Gasteiger partial charge in [-0.3, -0.25) is 0 Å². The summed E-state index contributed by atoms with van der Waals surface area (Å²) in [6, 6.07) is 4.82. The molecule has 0 fully saturated rings. The summed E-state index contributed by atoms with van der Waals surface area (Å²) in [5.74, 6) is 0. The molecular formula is C18H40Si. The fourth-order valence-corrected chi connectivity index (χ4v) is 5.82. The van der Waals surface area contributed by atoms with Gasteiger partial charge in [0.25, 0.3) is 0 Å². The molecule has 0 aliphatic heterocycles. The van der Waals surface area contributed by atoms with Crippen LogP contribution in [0.1, 0.15) is 97.8 Å². The fourth-order valence-electron chi connectivity index (χ4n) is 2.98. The second-order valence-corrected chi connectivity index (χ2v) is 10.1. The van der Waals surface area contributed by atoms with Crippen LogP contribution in [0.15, 0.2) is 0 Å². The summed E-state index contributed by atoms with van der Waals surface area (Å²) in [7, 11) is -0.331. The van der Waals surface area contributed by atoms with Gasteiger partial charge < -0.3 is 0 Å². The van der Waals surface area contributed by atoms with Gasteiger partial charge in [-0.25, -0.2) is 0 Å². The van der Waals surface area contributed by atoms with Crippen molar-refractivity contribution in [1.82, 2.24) is 0 Å². The molecule has 116 valence electrons. The zero-order valence-electron chi connectivity index (χ0n) is 14.2. The van der Waals surface area contributed by atoms with Crippen LogP contribution in [-0.4, -0.2) is 8.80 Å². The molecule has 0 nitrogen and oxygen atoms in total. The maximum atomic E-state index is 2.45. The Kier molecular flexibility index (Phi) is 16.5. The topological polar surface area (TPSA) is 0 Å². The highest BCUT2D eigenvalue weighted by Crippen LogP contribution is 2.17. The van der Waals surface area contributed by atoms with Crippen molar-refractivity contribution in [2.45, 2.75) is 116 Å². The van der Waals surface area contributed by atoms with Crippen LogP contribution >= 0.6 is 0 Å². The van der Waals surface area contributed by atoms with E-state index in [0.29, 0.717) is 0 Å². The molecule has 0 bridgehead atoms. The van der Waals surface area contributed by atoms with Gasteiger partial charge in [-0.05, 0) is 0 Å². The van der Waals surface area contributed by atoms with E-state index in [4.69, 9.17) is 0 Å². The van der Waals surface area contributed by atoms with E-state index in [1.807, 2.05) is 0 Å². The molecule has 0 atom stereocenters. The van der Waals surface area contributed by atoms with E-state index in [-0.39, 0.29) is 8.80 Å². The van der Waals surface area contributed by atoms with Crippen molar-refractivity contribution >= 4 is 8.80 Å². The molecule has 0 spiro atoms. The summed E-state index contributed by atoms with van der Waals surface area (Å²) < 4.78 is 0. The highest BCUT2D eigenvalue weighted by Gasteiger charge is 2.07. The quantitative estimate of drug-likeness (QED) is 0.225. The standard InChI is InChI=1S/C18H40Si/c1-4-7-9-11-13-15-17-19(6-3)18-16-14-12-10-8-5-2/h19H,4-18H2,1-3H3. The zero-order chi connectivity index (χ0) is 14.2. The van der Waals surface area contributed by atoms with Crippen molar-refractivity contribution in [2.24, 2.45) is 0 Å². The van der Waals surface area contributed by atoms with Gasteiger partial charge >= 0.3 is 0 Å². The molecule has 0 saturated carbocycles. The van der Waals surface area contributed by atoms with E-state index in [0.717, 1.165) is 0 Å². The molecule has 19 heavy (non-hydrogen) atoms. The summed E-state index contributed by atoms with van der Waals surface area (Å²) in [5, 5.41) is 0. The van der Waals surface area contributed by atoms with E-state index in [1.54, 1.807) is 31.0 Å². The molecule has 0 N–H and O–H groups in total. The summed E-state index contributed by atoms with van der Waals surface area (Å²) in [5.41, 5.74) is 0. The minimum absolute atomic E-state index is 0.331. The first kappa shape index (κ1) is 19.2. The molecule has 0 aromatic rings. The fraction of sp³-hybridized carbons (Fsp3) is 1.00. The highest BCUT2D eigenvalue weighted by atomic mass is 28.3. The maximum Gasteiger partial charge on any atom is 0.0365 e. The van der Waals surface area contributed by atoms with Crippen LogP contribution < -0.4 is 0 Å². The van der Waals surface area contributed by atoms with Crippen LogP contribution in [0.4, 0.5) is 0 Å². The lowest BCUT2D eigenvalue weighted by molar-refractivity contribution is 0.616. The summed E-state index contributed by atoms with van der Waals surface area (Å²) >= 11 is 0. The van der Waals surface area contributed by atoms with Crippen LogP contribution in [0.25, 0.3) is 0 Å². The maximum absolute atomic E-state index is 2.45. The molecule has 0 unspecified atom stereocenters. The molecule has 0 heterocycles. The lowest BCUT2D eigenvalue weighted by atomic mass is 10.1. The van der Waals surface area contributed by atoms with Gasteiger partial charge in [0.1, 0.15) is 0 Å². The summed E-state index contributed by atoms with van der Waals surface area (Å²) in [6.45, 7) is 7.06. The van der Waals surface area contributed by atoms with Gasteiger partial charge in [0.05, 0.1) is 0 Å². The Bertz CT molecular complexity index is 140. The third-order valence-electron chi connectivity index (χ3n) is 4.51. The van der Waals surface area contributed by atoms with E-state index < -0.39 is 0 Å². The van der Waals surface area contributed by atoms with Gasteiger partial charge in [0.15, 0.2) is 0 Å². The second kappa shape index (κ2) is 16.3. The van der Waals surface area contributed by atoms with Gasteiger partial charge in [0, 0.05) is 8.80 Å². The largest absolute Gasteiger partial charge is 0.0680 e. The van der Waals surface area contributed by atoms with E-state index in [9.17, 15) is 0 Å². The van der Waals surface area contributed by atoms with Crippen molar-refractivity contribution in [3.63, 3.8) is 0 Å². The normalized spacial score (nSPS) is 11.4. The third-order valence-corrected chi connectivity index (χ3v) is 8.11. The smallest absolute Gasteiger partial charge is 0.0365 e. The average Bonchev–Trinajstić information content (AvgIpc) is 2.44. The van der Waals surface area contributed by atoms with Crippen LogP contribution in [0.3, 0.4) is 0 Å². The predicted molar refractivity (Wildman–Crippen MR) is 94.0 cm³/mol. The number of unbranched alkanes of at least 4 members (excludes halogenated alkanes) is 10. The third kappa shape index (κ3) is 14.4. The molecule has 0 aliphatic carbocycles. The Balaban J connectivity index is 3.30. The summed E-state index contributed by atoms with van der Waals surface area (Å²) in [4.78, 5) is 0. The Labute approximate surface area is 125 Å². The lowest BCUT2D eigenvalue weighted by Crippen LogP contribution is -2.10. The van der Waals surface area contributed by atoms with E-state index in [1.165, 1.54) is 64.2 Å². The molecular weight excluding hydrogens is 244 g/mol. The van der Waals surface area contributed by atoms with Gasteiger partial charge in [0.2, 0.25) is 0 Å². The van der Waals surface area contributed by atoms with Crippen LogP contribution in [0, 0.1) is 0 Å². The Morgan fingerprint density at radius 1 is 0.474 bits per heavy atom. The van der Waals surface area contributed by atoms with E-state index in [2.05, 4.69) is 20.8 Å². The molecule has 0 radical (unpaired) electrons. The number of hydrogen-bond donors (Lipinski definition) is 0. The number of rotatable bonds is 15. The zero-order valence-corrected chi connectivity index (χ0v) is 15.3. The molecule has 1 heteroatoms. The molecule has 0 aromatic carbocycles. The first-order valence-electron chi connectivity index (χ1n) is 9.35. The molecule has 0 aliphatic rings. The SMILES string of the molecule is CCCCCCCC[SiH](CC)CCCCCCCC. The van der Waals surface area contributed by atoms with Crippen molar-refractivity contribution in [2.75, 3.05) is 0 Å². The van der Waals surface area contributed by atoms with Crippen LogP contribution in [0.2, 0.25) is 18.1 Å². The minimum atomic E-state index is -0.331. The second-order valence-electron chi connectivity index (χ2n) is 6.39. The Morgan fingerprint density at radius 3 is 1.21 bits per heavy atom. The number of hydrogen-bond acceptors (Lipinski definition) is 0. The van der Waals surface area contributed by atoms with Crippen molar-refractivity contribution in [3.05, 3.63) is 0 Å².